The molecule has 0 aliphatic carbocycles. The van der Waals surface area contributed by atoms with Crippen molar-refractivity contribution < 1.29 is 14.3 Å². The Labute approximate surface area is 201 Å². The largest absolute Gasteiger partial charge is 0.497 e. The predicted octanol–water partition coefficient (Wildman–Crippen LogP) is 3.26. The van der Waals surface area contributed by atoms with Gasteiger partial charge in [-0.25, -0.2) is 4.79 Å². The first-order valence-electron chi connectivity index (χ1n) is 10.8. The minimum atomic E-state index is -0.202. The van der Waals surface area contributed by atoms with E-state index in [1.165, 1.54) is 11.3 Å². The first-order chi connectivity index (χ1) is 16.6. The van der Waals surface area contributed by atoms with Gasteiger partial charge in [0.1, 0.15) is 16.8 Å². The summed E-state index contributed by atoms with van der Waals surface area (Å²) in [5.41, 5.74) is 3.09. The lowest BCUT2D eigenvalue weighted by Gasteiger charge is -2.27. The summed E-state index contributed by atoms with van der Waals surface area (Å²) in [6.45, 7) is 1.17. The van der Waals surface area contributed by atoms with Crippen molar-refractivity contribution in [2.24, 2.45) is 0 Å². The molecule has 3 heterocycles. The normalized spacial score (nSPS) is 12.4. The van der Waals surface area contributed by atoms with E-state index < -0.39 is 0 Å². The number of benzene rings is 1. The van der Waals surface area contributed by atoms with Gasteiger partial charge in [-0.1, -0.05) is 12.1 Å². The van der Waals surface area contributed by atoms with Gasteiger partial charge in [0.05, 0.1) is 37.7 Å². The summed E-state index contributed by atoms with van der Waals surface area (Å²) >= 11 is 1.36. The minimum Gasteiger partial charge on any atom is -0.497 e. The van der Waals surface area contributed by atoms with Crippen molar-refractivity contribution in [3.05, 3.63) is 70.1 Å². The molecule has 0 spiro atoms. The molecule has 9 nitrogen and oxygen atoms in total. The van der Waals surface area contributed by atoms with Crippen LogP contribution in [0.2, 0.25) is 0 Å². The summed E-state index contributed by atoms with van der Waals surface area (Å²) in [5, 5.41) is 16.0. The van der Waals surface area contributed by atoms with Crippen LogP contribution in [0.4, 0.5) is 9.80 Å². The fraction of sp³-hybridized carbons (Fsp3) is 0.292. The molecule has 1 aliphatic rings. The Kier molecular flexibility index (Phi) is 7.34. The molecule has 0 saturated carbocycles. The van der Waals surface area contributed by atoms with Crippen LogP contribution >= 0.6 is 11.3 Å². The molecule has 1 aromatic carbocycles. The first-order valence-corrected chi connectivity index (χ1v) is 11.6. The second kappa shape index (κ2) is 10.8. The molecule has 3 aromatic rings. The Morgan fingerprint density at radius 3 is 2.97 bits per heavy atom. The van der Waals surface area contributed by atoms with Crippen LogP contribution in [0.5, 0.6) is 5.75 Å². The van der Waals surface area contributed by atoms with Gasteiger partial charge >= 0.3 is 6.03 Å². The van der Waals surface area contributed by atoms with Crippen molar-refractivity contribution in [1.29, 1.82) is 5.26 Å². The average Bonchev–Trinajstić information content (AvgIpc) is 3.22. The molecule has 3 amide bonds. The third-order valence-corrected chi connectivity index (χ3v) is 6.65. The van der Waals surface area contributed by atoms with Gasteiger partial charge in [-0.05, 0) is 36.1 Å². The number of urea groups is 1. The molecule has 4 rings (SSSR count). The number of aromatic nitrogens is 2. The Bertz CT molecular complexity index is 1220. The second-order valence-corrected chi connectivity index (χ2v) is 8.85. The van der Waals surface area contributed by atoms with Gasteiger partial charge < -0.3 is 20.3 Å². The highest BCUT2D eigenvalue weighted by molar-refractivity contribution is 7.16. The summed E-state index contributed by atoms with van der Waals surface area (Å²) in [6.07, 6.45) is 6.18. The predicted molar refractivity (Wildman–Crippen MR) is 127 cm³/mol. The van der Waals surface area contributed by atoms with Crippen LogP contribution in [-0.2, 0) is 30.7 Å². The van der Waals surface area contributed by atoms with E-state index in [0.717, 1.165) is 21.8 Å². The van der Waals surface area contributed by atoms with Gasteiger partial charge in [0.25, 0.3) is 0 Å². The lowest BCUT2D eigenvalue weighted by atomic mass is 10.0. The van der Waals surface area contributed by atoms with Crippen LogP contribution in [0.25, 0.3) is 0 Å². The number of hydrogen-bond acceptors (Lipinski definition) is 7. The SMILES string of the molecule is COc1cccc(CCC(=O)Nc2sc3c(c2C#N)CCN(C(=O)NCc2cnccn2)C3)c1. The van der Waals surface area contributed by atoms with E-state index in [4.69, 9.17) is 4.74 Å². The zero-order valence-corrected chi connectivity index (χ0v) is 19.5. The van der Waals surface area contributed by atoms with Crippen LogP contribution in [-0.4, -0.2) is 40.5 Å². The van der Waals surface area contributed by atoms with Gasteiger partial charge in [0.15, 0.2) is 0 Å². The number of thiophene rings is 1. The lowest BCUT2D eigenvalue weighted by Crippen LogP contribution is -2.42. The van der Waals surface area contributed by atoms with Crippen molar-refractivity contribution in [3.63, 3.8) is 0 Å². The molecule has 174 valence electrons. The van der Waals surface area contributed by atoms with E-state index in [0.29, 0.717) is 48.7 Å². The molecular weight excluding hydrogens is 452 g/mol. The number of ether oxygens (including phenoxy) is 1. The number of aryl methyl sites for hydroxylation is 1. The Morgan fingerprint density at radius 1 is 1.32 bits per heavy atom. The first kappa shape index (κ1) is 23.2. The van der Waals surface area contributed by atoms with Gasteiger partial charge in [0.2, 0.25) is 5.91 Å². The van der Waals surface area contributed by atoms with Crippen LogP contribution < -0.4 is 15.4 Å². The molecule has 2 aromatic heterocycles. The average molecular weight is 477 g/mol. The fourth-order valence-corrected chi connectivity index (χ4v) is 4.99. The Hall–Kier alpha value is -3.97. The zero-order chi connectivity index (χ0) is 23.9. The molecule has 0 atom stereocenters. The summed E-state index contributed by atoms with van der Waals surface area (Å²) in [6, 6.07) is 9.64. The highest BCUT2D eigenvalue weighted by Gasteiger charge is 2.27. The molecule has 0 bridgehead atoms. The molecule has 0 radical (unpaired) electrons. The van der Waals surface area contributed by atoms with Gasteiger partial charge in [-0.2, -0.15) is 5.26 Å². The van der Waals surface area contributed by atoms with E-state index in [2.05, 4.69) is 26.7 Å². The number of amides is 3. The number of methoxy groups -OCH3 is 1. The number of carbonyl (C=O) groups is 2. The summed E-state index contributed by atoms with van der Waals surface area (Å²) in [7, 11) is 1.61. The monoisotopic (exact) mass is 476 g/mol. The van der Waals surface area contributed by atoms with Gasteiger partial charge in [-0.15, -0.1) is 11.3 Å². The molecule has 2 N–H and O–H groups in total. The number of rotatable bonds is 7. The van der Waals surface area contributed by atoms with E-state index >= 15 is 0 Å². The molecule has 0 saturated heterocycles. The standard InChI is InChI=1S/C24H24N6O3S/c1-33-18-4-2-3-16(11-18)5-6-22(31)29-23-20(12-25)19-7-10-30(15-21(19)34-23)24(32)28-14-17-13-26-8-9-27-17/h2-4,8-9,11,13H,5-7,10,14-15H2,1H3,(H,28,32)(H,29,31). The number of carbonyl (C=O) groups excluding carboxylic acids is 2. The molecule has 1 aliphatic heterocycles. The van der Waals surface area contributed by atoms with E-state index in [9.17, 15) is 14.9 Å². The molecule has 0 fully saturated rings. The third-order valence-electron chi connectivity index (χ3n) is 5.52. The lowest BCUT2D eigenvalue weighted by molar-refractivity contribution is -0.116. The number of fused-ring (bicyclic) bond motifs is 1. The van der Waals surface area contributed by atoms with Crippen LogP contribution in [0.3, 0.4) is 0 Å². The molecule has 10 heteroatoms. The van der Waals surface area contributed by atoms with Crippen molar-refractivity contribution in [3.8, 4) is 11.8 Å². The quantitative estimate of drug-likeness (QED) is 0.540. The number of nitriles is 1. The Balaban J connectivity index is 1.36. The molecule has 34 heavy (non-hydrogen) atoms. The third kappa shape index (κ3) is 5.50. The maximum atomic E-state index is 12.6. The number of anilines is 1. The van der Waals surface area contributed by atoms with Gasteiger partial charge in [0, 0.05) is 30.2 Å². The van der Waals surface area contributed by atoms with Crippen molar-refractivity contribution in [1.82, 2.24) is 20.2 Å². The topological polar surface area (TPSA) is 120 Å². The van der Waals surface area contributed by atoms with E-state index in [1.807, 2.05) is 24.3 Å². The van der Waals surface area contributed by atoms with Crippen molar-refractivity contribution in [2.45, 2.75) is 32.4 Å². The number of nitrogens with one attached hydrogen (secondary N) is 2. The van der Waals surface area contributed by atoms with Crippen LogP contribution in [0.15, 0.2) is 42.9 Å². The van der Waals surface area contributed by atoms with Crippen LogP contribution in [0.1, 0.15) is 33.7 Å². The highest BCUT2D eigenvalue weighted by Crippen LogP contribution is 2.36. The number of hydrogen-bond donors (Lipinski definition) is 2. The van der Waals surface area contributed by atoms with Crippen molar-refractivity contribution >= 4 is 28.3 Å². The maximum Gasteiger partial charge on any atom is 0.318 e. The number of nitrogens with zero attached hydrogens (tertiary/aromatic N) is 4. The maximum absolute atomic E-state index is 12.6. The second-order valence-electron chi connectivity index (χ2n) is 7.75. The molecule has 0 unspecified atom stereocenters. The smallest absolute Gasteiger partial charge is 0.318 e. The fourth-order valence-electron chi connectivity index (χ4n) is 3.76. The van der Waals surface area contributed by atoms with E-state index in [-0.39, 0.29) is 18.4 Å². The molecular formula is C24H24N6O3S. The highest BCUT2D eigenvalue weighted by atomic mass is 32.1. The zero-order valence-electron chi connectivity index (χ0n) is 18.7. The minimum absolute atomic E-state index is 0.156. The van der Waals surface area contributed by atoms with E-state index in [1.54, 1.807) is 30.6 Å². The Morgan fingerprint density at radius 2 is 2.21 bits per heavy atom. The van der Waals surface area contributed by atoms with Crippen LogP contribution in [0, 0.1) is 11.3 Å². The summed E-state index contributed by atoms with van der Waals surface area (Å²) in [5.74, 6) is 0.595. The van der Waals surface area contributed by atoms with Gasteiger partial charge in [-0.3, -0.25) is 14.8 Å². The van der Waals surface area contributed by atoms with Crippen molar-refractivity contribution in [2.75, 3.05) is 19.0 Å². The summed E-state index contributed by atoms with van der Waals surface area (Å²) < 4.78 is 5.22. The summed E-state index contributed by atoms with van der Waals surface area (Å²) in [4.78, 5) is 36.0.